The Hall–Kier alpha value is -3.32. The van der Waals surface area contributed by atoms with Crippen molar-refractivity contribution in [1.82, 2.24) is 4.90 Å². The molecule has 46 heavy (non-hydrogen) atoms. The molecule has 0 aliphatic carbocycles. The fraction of sp³-hybridized carbons (Fsp3) is 0.394. The SMILES string of the molecule is C[Si](C)(C)O/N=C(/CCC(C(Nc1ccc(F)cc1)c1ccc(O[Si](C)(C)C)cc1)C(O)N1C(=O)OC[C@@H]1P)c1ccc(F)cc1. The summed E-state index contributed by atoms with van der Waals surface area (Å²) in [6, 6.07) is 19.1. The third kappa shape index (κ3) is 10.1. The van der Waals surface area contributed by atoms with Crippen LogP contribution in [0.5, 0.6) is 5.75 Å². The smallest absolute Gasteiger partial charge is 0.412 e. The molecule has 1 saturated heterocycles. The van der Waals surface area contributed by atoms with Crippen molar-refractivity contribution >= 4 is 43.4 Å². The molecule has 1 heterocycles. The first kappa shape index (κ1) is 35.5. The van der Waals surface area contributed by atoms with Gasteiger partial charge in [0.15, 0.2) is 0 Å². The molecule has 1 aliphatic heterocycles. The fourth-order valence-electron chi connectivity index (χ4n) is 5.09. The van der Waals surface area contributed by atoms with Gasteiger partial charge in [-0.2, -0.15) is 0 Å². The molecule has 1 aliphatic rings. The number of hydrogen-bond acceptors (Lipinski definition) is 7. The second-order valence-electron chi connectivity index (χ2n) is 13.3. The number of oxime groups is 1. The summed E-state index contributed by atoms with van der Waals surface area (Å²) in [5.74, 6) is -1.07. The quantitative estimate of drug-likeness (QED) is 0.0774. The summed E-state index contributed by atoms with van der Waals surface area (Å²) in [7, 11) is -1.37. The second kappa shape index (κ2) is 15.1. The largest absolute Gasteiger partial charge is 0.544 e. The van der Waals surface area contributed by atoms with Gasteiger partial charge in [0.05, 0.1) is 17.5 Å². The van der Waals surface area contributed by atoms with Crippen LogP contribution in [0.2, 0.25) is 39.3 Å². The van der Waals surface area contributed by atoms with Gasteiger partial charge in [-0.1, -0.05) is 24.3 Å². The highest BCUT2D eigenvalue weighted by molar-refractivity contribution is 7.17. The van der Waals surface area contributed by atoms with Crippen molar-refractivity contribution in [2.24, 2.45) is 11.1 Å². The Bertz CT molecular complexity index is 1480. The van der Waals surface area contributed by atoms with Gasteiger partial charge in [0, 0.05) is 11.6 Å². The number of ether oxygens (including phenoxy) is 1. The number of nitrogens with one attached hydrogen (secondary N) is 1. The van der Waals surface area contributed by atoms with E-state index < -0.39 is 46.7 Å². The highest BCUT2D eigenvalue weighted by Gasteiger charge is 2.42. The number of carbonyl (C=O) groups excluding carboxylic acids is 1. The number of anilines is 1. The number of hydrogen-bond donors (Lipinski definition) is 2. The predicted octanol–water partition coefficient (Wildman–Crippen LogP) is 7.96. The van der Waals surface area contributed by atoms with Crippen LogP contribution in [0.15, 0.2) is 78.0 Å². The van der Waals surface area contributed by atoms with E-state index in [0.717, 1.165) is 11.3 Å². The number of halogens is 2. The number of carbonyl (C=O) groups is 1. The molecule has 13 heteroatoms. The predicted molar refractivity (Wildman–Crippen MR) is 186 cm³/mol. The molecular weight excluding hydrogens is 644 g/mol. The van der Waals surface area contributed by atoms with Crippen LogP contribution in [-0.2, 0) is 9.26 Å². The van der Waals surface area contributed by atoms with Crippen molar-refractivity contribution in [1.29, 1.82) is 0 Å². The number of cyclic esters (lactones) is 1. The van der Waals surface area contributed by atoms with E-state index >= 15 is 0 Å². The lowest BCUT2D eigenvalue weighted by Crippen LogP contribution is -2.47. The number of rotatable bonds is 14. The summed E-state index contributed by atoms with van der Waals surface area (Å²) < 4.78 is 45.1. The highest BCUT2D eigenvalue weighted by atomic mass is 31.0. The molecule has 0 aromatic heterocycles. The van der Waals surface area contributed by atoms with Crippen molar-refractivity contribution in [2.45, 2.75) is 70.2 Å². The molecule has 0 bridgehead atoms. The average molecular weight is 688 g/mol. The van der Waals surface area contributed by atoms with Crippen molar-refractivity contribution in [2.75, 3.05) is 11.9 Å². The normalized spacial score (nSPS) is 17.7. The molecule has 0 saturated carbocycles. The third-order valence-electron chi connectivity index (χ3n) is 7.19. The first-order valence-corrected chi connectivity index (χ1v) is 22.8. The maximum absolute atomic E-state index is 13.9. The Kier molecular flexibility index (Phi) is 11.6. The molecule has 4 unspecified atom stereocenters. The maximum Gasteiger partial charge on any atom is 0.412 e. The number of benzene rings is 3. The maximum atomic E-state index is 13.9. The molecule has 3 aromatic carbocycles. The summed E-state index contributed by atoms with van der Waals surface area (Å²) in [6.45, 7) is 12.5. The van der Waals surface area contributed by atoms with Gasteiger partial charge >= 0.3 is 6.09 Å². The Balaban J connectivity index is 1.77. The molecule has 0 radical (unpaired) electrons. The zero-order valence-electron chi connectivity index (χ0n) is 27.2. The average Bonchev–Trinajstić information content (AvgIpc) is 3.32. The van der Waals surface area contributed by atoms with Gasteiger partial charge in [-0.15, -0.1) is 14.4 Å². The number of nitrogens with zero attached hydrogens (tertiary/aromatic N) is 2. The van der Waals surface area contributed by atoms with Crippen molar-refractivity contribution < 1.29 is 32.4 Å². The van der Waals surface area contributed by atoms with Crippen LogP contribution in [0.3, 0.4) is 0 Å². The molecule has 1 fully saturated rings. The molecular formula is C33H44F2N3O5PSi2. The minimum absolute atomic E-state index is 0.123. The van der Waals surface area contributed by atoms with Crippen LogP contribution in [0.25, 0.3) is 0 Å². The zero-order chi connectivity index (χ0) is 33.6. The zero-order valence-corrected chi connectivity index (χ0v) is 30.3. The van der Waals surface area contributed by atoms with E-state index in [0.29, 0.717) is 29.8 Å². The minimum atomic E-state index is -2.07. The molecule has 8 nitrogen and oxygen atoms in total. The van der Waals surface area contributed by atoms with Crippen LogP contribution in [-0.4, -0.2) is 57.1 Å². The van der Waals surface area contributed by atoms with Gasteiger partial charge in [0.25, 0.3) is 8.32 Å². The van der Waals surface area contributed by atoms with E-state index in [-0.39, 0.29) is 18.2 Å². The van der Waals surface area contributed by atoms with Gasteiger partial charge in [-0.25, -0.2) is 13.6 Å². The Morgan fingerprint density at radius 2 is 1.57 bits per heavy atom. The summed E-state index contributed by atoms with van der Waals surface area (Å²) in [5.41, 5.74) is 2.73. The topological polar surface area (TPSA) is 92.6 Å². The van der Waals surface area contributed by atoms with Crippen LogP contribution in [0.1, 0.15) is 30.0 Å². The van der Waals surface area contributed by atoms with E-state index in [1.807, 2.05) is 43.9 Å². The van der Waals surface area contributed by atoms with Gasteiger partial charge in [0.2, 0.25) is 8.32 Å². The lowest BCUT2D eigenvalue weighted by atomic mass is 9.85. The first-order valence-electron chi connectivity index (χ1n) is 15.3. The molecule has 5 atom stereocenters. The molecule has 4 rings (SSSR count). The van der Waals surface area contributed by atoms with Crippen molar-refractivity contribution in [3.63, 3.8) is 0 Å². The molecule has 248 valence electrons. The van der Waals surface area contributed by atoms with E-state index in [9.17, 15) is 18.7 Å². The van der Waals surface area contributed by atoms with E-state index in [4.69, 9.17) is 13.7 Å². The van der Waals surface area contributed by atoms with E-state index in [1.54, 1.807) is 24.3 Å². The minimum Gasteiger partial charge on any atom is -0.544 e. The number of aliphatic hydroxyl groups is 1. The Morgan fingerprint density at radius 3 is 2.09 bits per heavy atom. The Morgan fingerprint density at radius 1 is 0.978 bits per heavy atom. The summed E-state index contributed by atoms with van der Waals surface area (Å²) in [4.78, 5) is 14.2. The number of amides is 1. The second-order valence-corrected chi connectivity index (χ2v) is 22.9. The van der Waals surface area contributed by atoms with Crippen molar-refractivity contribution in [3.05, 3.63) is 95.6 Å². The van der Waals surface area contributed by atoms with Crippen LogP contribution in [0, 0.1) is 17.6 Å². The van der Waals surface area contributed by atoms with Crippen molar-refractivity contribution in [3.8, 4) is 5.75 Å². The molecule has 3 aromatic rings. The first-order chi connectivity index (χ1) is 21.6. The van der Waals surface area contributed by atoms with E-state index in [2.05, 4.69) is 39.4 Å². The fourth-order valence-corrected chi connectivity index (χ4v) is 6.71. The van der Waals surface area contributed by atoms with Gasteiger partial charge < -0.3 is 24.1 Å². The number of aliphatic hydroxyl groups excluding tert-OH is 1. The molecule has 2 N–H and O–H groups in total. The van der Waals surface area contributed by atoms with Crippen LogP contribution in [0.4, 0.5) is 19.3 Å². The monoisotopic (exact) mass is 687 g/mol. The van der Waals surface area contributed by atoms with Gasteiger partial charge in [-0.3, -0.25) is 4.90 Å². The molecule has 0 spiro atoms. The van der Waals surface area contributed by atoms with Crippen LogP contribution < -0.4 is 9.74 Å². The van der Waals surface area contributed by atoms with Crippen LogP contribution >= 0.6 is 9.24 Å². The van der Waals surface area contributed by atoms with Gasteiger partial charge in [-0.05, 0) is 112 Å². The van der Waals surface area contributed by atoms with Gasteiger partial charge in [0.1, 0.15) is 30.2 Å². The standard InChI is InChI=1S/C33H44F2N3O5PSi2/c1-45(2,3)42-27-17-9-23(10-18-27)31(36-26-15-13-25(35)14-16-26)28(32(39)38-30(44)21-41-33(38)40)19-20-29(37-43-46(4,5)6)22-7-11-24(34)12-8-22/h7-18,28,30-32,36,39H,19-21,44H2,1-6H3/b37-29-/t28?,30-,31?,32?/m0/s1. The summed E-state index contributed by atoms with van der Waals surface area (Å²) in [6.07, 6.45) is -1.23. The third-order valence-corrected chi connectivity index (χ3v) is 9.19. The summed E-state index contributed by atoms with van der Waals surface area (Å²) >= 11 is 0. The lowest BCUT2D eigenvalue weighted by molar-refractivity contribution is -0.0210. The highest BCUT2D eigenvalue weighted by Crippen LogP contribution is 2.37. The van der Waals surface area contributed by atoms with E-state index in [1.165, 1.54) is 29.2 Å². The molecule has 1 amide bonds. The Labute approximate surface area is 274 Å². The lowest BCUT2D eigenvalue weighted by Gasteiger charge is -2.37. The summed E-state index contributed by atoms with van der Waals surface area (Å²) in [5, 5.41) is 20.0.